The molecule has 7 nitrogen and oxygen atoms in total. The first kappa shape index (κ1) is 27.9. The molecule has 1 fully saturated rings. The number of hydrogen-bond acceptors (Lipinski definition) is 7. The lowest BCUT2D eigenvalue weighted by atomic mass is 9.82. The minimum atomic E-state index is -2.25. The largest absolute Gasteiger partial charge is 0.458 e. The van der Waals surface area contributed by atoms with Crippen LogP contribution < -0.4 is 0 Å². The van der Waals surface area contributed by atoms with Crippen molar-refractivity contribution in [3.05, 3.63) is 47.6 Å². The van der Waals surface area contributed by atoms with Crippen LogP contribution in [0, 0.1) is 5.92 Å². The maximum absolute atomic E-state index is 12.7. The maximum Gasteiger partial charge on any atom is 0.334 e. The molecule has 0 aromatic rings. The van der Waals surface area contributed by atoms with E-state index in [2.05, 4.69) is 40.4 Å². The van der Waals surface area contributed by atoms with Gasteiger partial charge in [0.25, 0.3) is 0 Å². The van der Waals surface area contributed by atoms with E-state index in [1.54, 1.807) is 32.9 Å². The predicted octanol–water partition coefficient (Wildman–Crippen LogP) is 4.19. The molecule has 0 aromatic carbocycles. The molecule has 8 heteroatoms. The Morgan fingerprint density at radius 3 is 2.53 bits per heavy atom. The van der Waals surface area contributed by atoms with Gasteiger partial charge in [-0.05, 0) is 62.7 Å². The Balaban J connectivity index is 2.54. The standard InChI is InChI=1S/C26H38O7Si/c1-10-16(2)23(28)33-21-14-26(30,15-31-34(8,9)25(5,6)7)12-11-19(27)17(3)13-20-22(21)18(4)24(29)32-20/h10-13,20-22,30H,4,14-15H2,1-3,5-9H3/b12-11+,16-10-,17-13-/t20-,21-,22+,26+/m1/s1. The number of carbonyl (C=O) groups is 3. The summed E-state index contributed by atoms with van der Waals surface area (Å²) in [6, 6.07) is 0. The van der Waals surface area contributed by atoms with Gasteiger partial charge in [-0.15, -0.1) is 0 Å². The van der Waals surface area contributed by atoms with Crippen molar-refractivity contribution >= 4 is 26.0 Å². The van der Waals surface area contributed by atoms with Crippen LogP contribution in [0.3, 0.4) is 0 Å². The van der Waals surface area contributed by atoms with Crippen molar-refractivity contribution in [3.63, 3.8) is 0 Å². The van der Waals surface area contributed by atoms with E-state index in [1.165, 1.54) is 12.2 Å². The van der Waals surface area contributed by atoms with E-state index in [0.29, 0.717) is 11.1 Å². The molecule has 0 spiro atoms. The van der Waals surface area contributed by atoms with Crippen LogP contribution in [0.4, 0.5) is 0 Å². The van der Waals surface area contributed by atoms with Crippen LogP contribution in [0.25, 0.3) is 0 Å². The molecule has 1 aliphatic heterocycles. The number of esters is 2. The van der Waals surface area contributed by atoms with Crippen LogP contribution >= 0.6 is 0 Å². The van der Waals surface area contributed by atoms with Crippen molar-refractivity contribution in [1.29, 1.82) is 0 Å². The van der Waals surface area contributed by atoms with E-state index in [0.717, 1.165) is 0 Å². The van der Waals surface area contributed by atoms with E-state index in [9.17, 15) is 19.5 Å². The summed E-state index contributed by atoms with van der Waals surface area (Å²) in [4.78, 5) is 37.8. The number of aliphatic hydroxyl groups is 1. The second kappa shape index (κ2) is 10.1. The Morgan fingerprint density at radius 1 is 1.35 bits per heavy atom. The SMILES string of the molecule is C=C1C(=O)O[C@@H]2/C=C(/C)C(=O)/C=C/[C@@](O)(CO[Si](C)(C)C(C)(C)C)C[C@@H](OC(=O)/C(C)=C\C)[C@@H]12. The summed E-state index contributed by atoms with van der Waals surface area (Å²) in [5.41, 5.74) is -0.760. The molecule has 2 rings (SSSR count). The fourth-order valence-electron chi connectivity index (χ4n) is 3.51. The molecule has 2 aliphatic rings. The van der Waals surface area contributed by atoms with Crippen LogP contribution in [0.2, 0.25) is 18.1 Å². The number of rotatable bonds is 5. The quantitative estimate of drug-likeness (QED) is 0.350. The molecule has 0 unspecified atom stereocenters. The van der Waals surface area contributed by atoms with E-state index in [4.69, 9.17) is 13.9 Å². The molecule has 1 saturated heterocycles. The number of fused-ring (bicyclic) bond motifs is 1. The summed E-state index contributed by atoms with van der Waals surface area (Å²) in [5.74, 6) is -2.26. The van der Waals surface area contributed by atoms with E-state index >= 15 is 0 Å². The van der Waals surface area contributed by atoms with Crippen molar-refractivity contribution in [3.8, 4) is 0 Å². The zero-order valence-electron chi connectivity index (χ0n) is 21.6. The summed E-state index contributed by atoms with van der Waals surface area (Å²) in [5, 5.41) is 11.6. The fourth-order valence-corrected chi connectivity index (χ4v) is 4.55. The Kier molecular flexibility index (Phi) is 8.33. The van der Waals surface area contributed by atoms with Gasteiger partial charge < -0.3 is 19.0 Å². The summed E-state index contributed by atoms with van der Waals surface area (Å²) in [6.45, 7) is 19.1. The van der Waals surface area contributed by atoms with E-state index in [1.807, 2.05) is 0 Å². The fraction of sp³-hybridized carbons (Fsp3) is 0.577. The minimum absolute atomic E-state index is 0.0919. The lowest BCUT2D eigenvalue weighted by Crippen LogP contribution is -2.48. The third-order valence-electron chi connectivity index (χ3n) is 7.07. The zero-order chi connectivity index (χ0) is 26.1. The molecule has 1 N–H and O–H groups in total. The molecule has 0 aromatic heterocycles. The van der Waals surface area contributed by atoms with Gasteiger partial charge in [-0.25, -0.2) is 9.59 Å². The van der Waals surface area contributed by atoms with Crippen molar-refractivity contribution in [2.45, 2.75) is 83.9 Å². The van der Waals surface area contributed by atoms with Gasteiger partial charge in [0, 0.05) is 17.6 Å². The van der Waals surface area contributed by atoms with E-state index < -0.39 is 44.0 Å². The Hall–Kier alpha value is -2.29. The smallest absolute Gasteiger partial charge is 0.334 e. The average molecular weight is 491 g/mol. The van der Waals surface area contributed by atoms with Gasteiger partial charge in [-0.3, -0.25) is 4.79 Å². The minimum Gasteiger partial charge on any atom is -0.458 e. The number of ether oxygens (including phenoxy) is 2. The molecule has 1 aliphatic carbocycles. The molecule has 0 radical (unpaired) electrons. The zero-order valence-corrected chi connectivity index (χ0v) is 22.6. The van der Waals surface area contributed by atoms with Crippen LogP contribution in [0.1, 0.15) is 48.0 Å². The van der Waals surface area contributed by atoms with Crippen LogP contribution in [-0.2, 0) is 28.3 Å². The molecule has 0 bridgehead atoms. The highest BCUT2D eigenvalue weighted by molar-refractivity contribution is 6.74. The molecule has 188 valence electrons. The Morgan fingerprint density at radius 2 is 1.97 bits per heavy atom. The van der Waals surface area contributed by atoms with Gasteiger partial charge in [0.15, 0.2) is 14.1 Å². The number of allylic oxidation sites excluding steroid dienone is 3. The first-order valence-corrected chi connectivity index (χ1v) is 14.4. The Bertz CT molecular complexity index is 951. The van der Waals surface area contributed by atoms with Crippen LogP contribution in [-0.4, -0.2) is 55.6 Å². The second-order valence-electron chi connectivity index (χ2n) is 10.7. The van der Waals surface area contributed by atoms with E-state index in [-0.39, 0.29) is 29.4 Å². The highest BCUT2D eigenvalue weighted by atomic mass is 28.4. The third-order valence-corrected chi connectivity index (χ3v) is 11.5. The van der Waals surface area contributed by atoms with Crippen molar-refractivity contribution in [2.75, 3.05) is 6.61 Å². The summed E-state index contributed by atoms with van der Waals surface area (Å²) >= 11 is 0. The highest BCUT2D eigenvalue weighted by Gasteiger charge is 2.48. The molecular weight excluding hydrogens is 452 g/mol. The molecule has 4 atom stereocenters. The molecule has 34 heavy (non-hydrogen) atoms. The van der Waals surface area contributed by atoms with Gasteiger partial charge in [0.1, 0.15) is 17.8 Å². The molecule has 1 heterocycles. The van der Waals surface area contributed by atoms with Gasteiger partial charge in [-0.1, -0.05) is 33.4 Å². The van der Waals surface area contributed by atoms with Crippen molar-refractivity contribution in [1.82, 2.24) is 0 Å². The van der Waals surface area contributed by atoms with Gasteiger partial charge in [0.2, 0.25) is 0 Å². The summed E-state index contributed by atoms with van der Waals surface area (Å²) < 4.78 is 17.6. The molecule has 0 saturated carbocycles. The normalized spacial score (nSPS) is 31.3. The summed E-state index contributed by atoms with van der Waals surface area (Å²) in [7, 11) is -2.25. The molecule has 0 amide bonds. The van der Waals surface area contributed by atoms with Crippen LogP contribution in [0.5, 0.6) is 0 Å². The van der Waals surface area contributed by atoms with Gasteiger partial charge >= 0.3 is 11.9 Å². The van der Waals surface area contributed by atoms with Gasteiger partial charge in [-0.2, -0.15) is 0 Å². The van der Waals surface area contributed by atoms with Crippen molar-refractivity contribution in [2.24, 2.45) is 5.92 Å². The topological polar surface area (TPSA) is 99.1 Å². The van der Waals surface area contributed by atoms with Crippen molar-refractivity contribution < 1.29 is 33.4 Å². The Labute approximate surface area is 203 Å². The number of carbonyl (C=O) groups excluding carboxylic acids is 3. The highest BCUT2D eigenvalue weighted by Crippen LogP contribution is 2.40. The third kappa shape index (κ3) is 6.23. The first-order chi connectivity index (χ1) is 15.5. The number of ketones is 1. The second-order valence-corrected chi connectivity index (χ2v) is 15.5. The number of hydrogen-bond donors (Lipinski definition) is 1. The molecular formula is C26H38O7Si. The first-order valence-electron chi connectivity index (χ1n) is 11.5. The lowest BCUT2D eigenvalue weighted by molar-refractivity contribution is -0.151. The summed E-state index contributed by atoms with van der Waals surface area (Å²) in [6.07, 6.45) is 3.99. The average Bonchev–Trinajstić information content (AvgIpc) is 3.01. The monoisotopic (exact) mass is 490 g/mol. The lowest BCUT2D eigenvalue weighted by Gasteiger charge is -2.40. The predicted molar refractivity (Wildman–Crippen MR) is 132 cm³/mol. The van der Waals surface area contributed by atoms with Gasteiger partial charge in [0.05, 0.1) is 12.5 Å². The van der Waals surface area contributed by atoms with Crippen LogP contribution in [0.15, 0.2) is 47.6 Å². The maximum atomic E-state index is 12.7.